The molecule has 1 amide bonds. The van der Waals surface area contributed by atoms with Crippen molar-refractivity contribution in [1.29, 1.82) is 0 Å². The fourth-order valence-electron chi connectivity index (χ4n) is 3.60. The number of likely N-dealkylation sites (tertiary alicyclic amines) is 1. The average Bonchev–Trinajstić information content (AvgIpc) is 3.13. The predicted octanol–water partition coefficient (Wildman–Crippen LogP) is 2.50. The molecule has 0 aliphatic carbocycles. The number of aromatic amines is 1. The number of fused-ring (bicyclic) bond motifs is 1. The number of nitrogens with zero attached hydrogens (tertiary/aromatic N) is 2. The van der Waals surface area contributed by atoms with Crippen LogP contribution in [0, 0.1) is 12.3 Å². The van der Waals surface area contributed by atoms with E-state index >= 15 is 0 Å². The van der Waals surface area contributed by atoms with Gasteiger partial charge >= 0.3 is 0 Å². The second kappa shape index (κ2) is 5.72. The Kier molecular flexibility index (Phi) is 3.91. The van der Waals surface area contributed by atoms with Gasteiger partial charge in [-0.3, -0.25) is 9.89 Å². The molecule has 2 N–H and O–H groups in total. The van der Waals surface area contributed by atoms with Gasteiger partial charge in [-0.1, -0.05) is 13.3 Å². The third-order valence-electron chi connectivity index (χ3n) is 4.76. The SMILES string of the molecule is CCCC1(CO)CCN(C(=O)c2cc(C)cc3cn[nH]c23)C1. The van der Waals surface area contributed by atoms with Crippen molar-refractivity contribution in [2.75, 3.05) is 19.7 Å². The summed E-state index contributed by atoms with van der Waals surface area (Å²) in [7, 11) is 0. The van der Waals surface area contributed by atoms with E-state index < -0.39 is 0 Å². The zero-order valence-corrected chi connectivity index (χ0v) is 13.2. The van der Waals surface area contributed by atoms with Gasteiger partial charge in [0, 0.05) is 23.9 Å². The average molecular weight is 301 g/mol. The summed E-state index contributed by atoms with van der Waals surface area (Å²) in [4.78, 5) is 14.8. The molecule has 1 unspecified atom stereocenters. The minimum atomic E-state index is -0.124. The number of rotatable bonds is 4. The van der Waals surface area contributed by atoms with E-state index in [0.29, 0.717) is 18.7 Å². The number of hydrogen-bond donors (Lipinski definition) is 2. The molecule has 118 valence electrons. The quantitative estimate of drug-likeness (QED) is 0.911. The summed E-state index contributed by atoms with van der Waals surface area (Å²) in [5.74, 6) is 0.0318. The lowest BCUT2D eigenvalue weighted by atomic mass is 9.83. The third kappa shape index (κ3) is 2.50. The molecule has 0 saturated carbocycles. The molecule has 2 aromatic rings. The molecule has 1 aliphatic rings. The van der Waals surface area contributed by atoms with Crippen molar-refractivity contribution < 1.29 is 9.90 Å². The van der Waals surface area contributed by atoms with Crippen molar-refractivity contribution in [3.05, 3.63) is 29.5 Å². The maximum atomic E-state index is 12.9. The number of nitrogens with one attached hydrogen (secondary N) is 1. The minimum Gasteiger partial charge on any atom is -0.396 e. The van der Waals surface area contributed by atoms with Crippen LogP contribution in [0.15, 0.2) is 18.3 Å². The highest BCUT2D eigenvalue weighted by Crippen LogP contribution is 2.35. The Balaban J connectivity index is 1.89. The molecular formula is C17H23N3O2. The van der Waals surface area contributed by atoms with E-state index in [9.17, 15) is 9.90 Å². The summed E-state index contributed by atoms with van der Waals surface area (Å²) in [6, 6.07) is 3.94. The highest BCUT2D eigenvalue weighted by atomic mass is 16.3. The fraction of sp³-hybridized carbons (Fsp3) is 0.529. The van der Waals surface area contributed by atoms with Crippen LogP contribution in [-0.4, -0.2) is 45.8 Å². The van der Waals surface area contributed by atoms with Gasteiger partial charge < -0.3 is 10.0 Å². The summed E-state index contributed by atoms with van der Waals surface area (Å²) in [6.45, 7) is 5.61. The second-order valence-electron chi connectivity index (χ2n) is 6.53. The summed E-state index contributed by atoms with van der Waals surface area (Å²) >= 11 is 0. The first kappa shape index (κ1) is 15.0. The molecule has 5 nitrogen and oxygen atoms in total. The lowest BCUT2D eigenvalue weighted by Crippen LogP contribution is -2.34. The molecule has 1 atom stereocenters. The van der Waals surface area contributed by atoms with E-state index in [-0.39, 0.29) is 17.9 Å². The van der Waals surface area contributed by atoms with Gasteiger partial charge in [0.2, 0.25) is 0 Å². The Morgan fingerprint density at radius 2 is 2.32 bits per heavy atom. The molecule has 5 heteroatoms. The normalized spacial score (nSPS) is 21.7. The van der Waals surface area contributed by atoms with Crippen LogP contribution in [0.4, 0.5) is 0 Å². The lowest BCUT2D eigenvalue weighted by Gasteiger charge is -2.26. The van der Waals surface area contributed by atoms with Gasteiger partial charge in [0.1, 0.15) is 0 Å². The van der Waals surface area contributed by atoms with E-state index in [1.165, 1.54) is 0 Å². The van der Waals surface area contributed by atoms with Gasteiger partial charge in [0.05, 0.1) is 23.9 Å². The highest BCUT2D eigenvalue weighted by Gasteiger charge is 2.39. The maximum Gasteiger partial charge on any atom is 0.256 e. The van der Waals surface area contributed by atoms with Crippen LogP contribution in [0.5, 0.6) is 0 Å². The highest BCUT2D eigenvalue weighted by molar-refractivity contribution is 6.05. The molecule has 1 aromatic heterocycles. The molecule has 0 bridgehead atoms. The first-order chi connectivity index (χ1) is 10.6. The Morgan fingerprint density at radius 1 is 1.50 bits per heavy atom. The van der Waals surface area contributed by atoms with Gasteiger partial charge in [-0.15, -0.1) is 0 Å². The van der Waals surface area contributed by atoms with Crippen LogP contribution < -0.4 is 0 Å². The number of hydrogen-bond acceptors (Lipinski definition) is 3. The van der Waals surface area contributed by atoms with E-state index in [2.05, 4.69) is 17.1 Å². The molecule has 22 heavy (non-hydrogen) atoms. The maximum absolute atomic E-state index is 12.9. The first-order valence-electron chi connectivity index (χ1n) is 7.92. The molecule has 0 radical (unpaired) electrons. The zero-order valence-electron chi connectivity index (χ0n) is 13.2. The third-order valence-corrected chi connectivity index (χ3v) is 4.76. The van der Waals surface area contributed by atoms with E-state index in [1.54, 1.807) is 6.20 Å². The molecular weight excluding hydrogens is 278 g/mol. The van der Waals surface area contributed by atoms with Gasteiger partial charge in [-0.2, -0.15) is 5.10 Å². The summed E-state index contributed by atoms with van der Waals surface area (Å²) in [5, 5.41) is 17.7. The van der Waals surface area contributed by atoms with Crippen molar-refractivity contribution in [2.45, 2.75) is 33.1 Å². The number of aryl methyl sites for hydroxylation is 1. The van der Waals surface area contributed by atoms with Gasteiger partial charge in [-0.25, -0.2) is 0 Å². The van der Waals surface area contributed by atoms with Gasteiger partial charge in [0.15, 0.2) is 0 Å². The standard InChI is InChI=1S/C17H23N3O2/c1-3-4-17(11-21)5-6-20(10-17)16(22)14-8-12(2)7-13-9-18-19-15(13)14/h7-9,21H,3-6,10-11H2,1-2H3,(H,18,19). The first-order valence-corrected chi connectivity index (χ1v) is 7.92. The Hall–Kier alpha value is -1.88. The summed E-state index contributed by atoms with van der Waals surface area (Å²) in [5.41, 5.74) is 2.41. The number of aliphatic hydroxyl groups excluding tert-OH is 1. The number of H-pyrrole nitrogens is 1. The van der Waals surface area contributed by atoms with Crippen molar-refractivity contribution >= 4 is 16.8 Å². The zero-order chi connectivity index (χ0) is 15.7. The van der Waals surface area contributed by atoms with Gasteiger partial charge in [-0.05, 0) is 37.5 Å². The number of carbonyl (C=O) groups excluding carboxylic acids is 1. The number of carbonyl (C=O) groups is 1. The molecule has 2 heterocycles. The molecule has 1 aromatic carbocycles. The van der Waals surface area contributed by atoms with E-state index in [4.69, 9.17) is 0 Å². The fourth-order valence-corrected chi connectivity index (χ4v) is 3.60. The Morgan fingerprint density at radius 3 is 3.05 bits per heavy atom. The number of aromatic nitrogens is 2. The Labute approximate surface area is 130 Å². The predicted molar refractivity (Wildman–Crippen MR) is 85.8 cm³/mol. The van der Waals surface area contributed by atoms with Crippen LogP contribution in [0.25, 0.3) is 10.9 Å². The summed E-state index contributed by atoms with van der Waals surface area (Å²) < 4.78 is 0. The van der Waals surface area contributed by atoms with Crippen molar-refractivity contribution in [3.8, 4) is 0 Å². The molecule has 1 fully saturated rings. The lowest BCUT2D eigenvalue weighted by molar-refractivity contribution is 0.0731. The monoisotopic (exact) mass is 301 g/mol. The topological polar surface area (TPSA) is 69.2 Å². The smallest absolute Gasteiger partial charge is 0.256 e. The molecule has 1 saturated heterocycles. The summed E-state index contributed by atoms with van der Waals surface area (Å²) in [6.07, 6.45) is 4.61. The van der Waals surface area contributed by atoms with Crippen LogP contribution in [0.1, 0.15) is 42.1 Å². The van der Waals surface area contributed by atoms with Gasteiger partial charge in [0.25, 0.3) is 5.91 Å². The second-order valence-corrected chi connectivity index (χ2v) is 6.53. The van der Waals surface area contributed by atoms with Crippen molar-refractivity contribution in [2.24, 2.45) is 5.41 Å². The van der Waals surface area contributed by atoms with Crippen LogP contribution in [-0.2, 0) is 0 Å². The van der Waals surface area contributed by atoms with E-state index in [1.807, 2.05) is 24.0 Å². The number of aliphatic hydroxyl groups is 1. The van der Waals surface area contributed by atoms with Crippen LogP contribution >= 0.6 is 0 Å². The van der Waals surface area contributed by atoms with Crippen LogP contribution in [0.3, 0.4) is 0 Å². The van der Waals surface area contributed by atoms with Crippen molar-refractivity contribution in [1.82, 2.24) is 15.1 Å². The molecule has 0 spiro atoms. The largest absolute Gasteiger partial charge is 0.396 e. The Bertz CT molecular complexity index is 694. The molecule has 1 aliphatic heterocycles. The van der Waals surface area contributed by atoms with Crippen molar-refractivity contribution in [3.63, 3.8) is 0 Å². The minimum absolute atomic E-state index is 0.0318. The molecule has 3 rings (SSSR count). The number of amides is 1. The van der Waals surface area contributed by atoms with E-state index in [0.717, 1.165) is 35.7 Å². The number of benzene rings is 1. The van der Waals surface area contributed by atoms with Crippen LogP contribution in [0.2, 0.25) is 0 Å².